The molecular weight excluding hydrogens is 862 g/mol. The van der Waals surface area contributed by atoms with E-state index in [0.29, 0.717) is 23.1 Å². The van der Waals surface area contributed by atoms with Crippen LogP contribution in [0.4, 0.5) is 51.2 Å². The normalized spacial score (nSPS) is 12.0. The van der Waals surface area contributed by atoms with Crippen molar-refractivity contribution >= 4 is 181 Å². The molecule has 8 N–H and O–H groups in total. The Bertz CT molecular complexity index is 2940. The zero-order valence-corrected chi connectivity index (χ0v) is 39.5. The van der Waals surface area contributed by atoms with Crippen molar-refractivity contribution in [2.45, 2.75) is 14.7 Å². The van der Waals surface area contributed by atoms with Crippen LogP contribution in [0.15, 0.2) is 155 Å². The number of hydrogen-bond acceptors (Lipinski definition) is 16. The molecular formula is C34H26N8Na3O11S3. The molecule has 6 aromatic rings. The van der Waals surface area contributed by atoms with Crippen LogP contribution in [0.5, 0.6) is 11.5 Å². The largest absolute Gasteiger partial charge is 0.508 e. The monoisotopic (exact) mass is 887 g/mol. The van der Waals surface area contributed by atoms with Gasteiger partial charge in [0.1, 0.15) is 31.8 Å². The molecule has 6 aromatic carbocycles. The van der Waals surface area contributed by atoms with Crippen LogP contribution in [-0.4, -0.2) is 138 Å². The number of rotatable bonds is 11. The predicted molar refractivity (Wildman–Crippen MR) is 220 cm³/mol. The van der Waals surface area contributed by atoms with Gasteiger partial charge in [-0.15, -0.1) is 10.2 Å². The molecule has 0 heterocycles. The first-order valence-corrected chi connectivity index (χ1v) is 19.9. The molecule has 6 rings (SSSR count). The molecule has 289 valence electrons. The Morgan fingerprint density at radius 2 is 0.932 bits per heavy atom. The Kier molecular flexibility index (Phi) is 17.0. The number of benzene rings is 6. The van der Waals surface area contributed by atoms with E-state index in [4.69, 9.17) is 5.73 Å². The van der Waals surface area contributed by atoms with E-state index < -0.39 is 78.6 Å². The fourth-order valence-electron chi connectivity index (χ4n) is 5.11. The summed E-state index contributed by atoms with van der Waals surface area (Å²) in [6.45, 7) is 0. The second kappa shape index (κ2) is 20.2. The fraction of sp³-hybridized carbons (Fsp3) is 0. The van der Waals surface area contributed by atoms with Crippen LogP contribution in [0, 0.1) is 0 Å². The molecule has 0 saturated carbocycles. The van der Waals surface area contributed by atoms with Crippen molar-refractivity contribution in [2.24, 2.45) is 30.7 Å². The summed E-state index contributed by atoms with van der Waals surface area (Å²) in [5.41, 5.74) is 5.20. The molecule has 59 heavy (non-hydrogen) atoms. The summed E-state index contributed by atoms with van der Waals surface area (Å²) in [6, 6.07) is 24.9. The van der Waals surface area contributed by atoms with Crippen LogP contribution >= 0.6 is 0 Å². The molecule has 0 spiro atoms. The summed E-state index contributed by atoms with van der Waals surface area (Å²) in [6.07, 6.45) is 0. The van der Waals surface area contributed by atoms with Gasteiger partial charge in [0.25, 0.3) is 30.4 Å². The molecule has 0 aromatic heterocycles. The predicted octanol–water partition coefficient (Wildman–Crippen LogP) is 7.42. The minimum Gasteiger partial charge on any atom is -0.508 e. The van der Waals surface area contributed by atoms with Crippen molar-refractivity contribution in [2.75, 3.05) is 11.1 Å². The Morgan fingerprint density at radius 3 is 1.47 bits per heavy atom. The standard InChI is InChI=1S/C34H26N8O11S3.3Na/c35-31-30-19(17-29(56(51,52)53)33(34(30)44)42-39-21-4-2-1-3-5-21)16-28(55(48,49)50)32(31)41-40-24-12-15-26(27(18-24)54(45,46)47)36-20-6-8-22(9-7-20)37-38-23-10-13-25(43)14-11-23;;;/h1-18,36,43-44H,35H2,(H,45,46,47)(H,48,49,50)(H,51,52,53);;;. The molecule has 0 aliphatic rings. The van der Waals surface area contributed by atoms with E-state index in [-0.39, 0.29) is 111 Å². The van der Waals surface area contributed by atoms with Gasteiger partial charge in [0.05, 0.1) is 39.5 Å². The minimum atomic E-state index is -5.20. The third-order valence-corrected chi connectivity index (χ3v) is 10.3. The number of anilines is 3. The van der Waals surface area contributed by atoms with Gasteiger partial charge in [0.15, 0.2) is 5.75 Å². The van der Waals surface area contributed by atoms with Gasteiger partial charge in [-0.05, 0) is 96.4 Å². The van der Waals surface area contributed by atoms with Gasteiger partial charge in [-0.1, -0.05) is 18.2 Å². The smallest absolute Gasteiger partial charge is 0.296 e. The Morgan fingerprint density at radius 1 is 0.492 bits per heavy atom. The third-order valence-electron chi connectivity index (χ3n) is 7.68. The molecule has 0 atom stereocenters. The second-order valence-electron chi connectivity index (χ2n) is 11.5. The van der Waals surface area contributed by atoms with Gasteiger partial charge in [0, 0.05) is 94.4 Å². The van der Waals surface area contributed by atoms with Crippen molar-refractivity contribution < 1.29 is 49.1 Å². The number of hydrogen-bond donors (Lipinski definition) is 7. The maximum Gasteiger partial charge on any atom is 0.296 e. The molecule has 0 fully saturated rings. The number of azo groups is 3. The number of fused-ring (bicyclic) bond motifs is 1. The van der Waals surface area contributed by atoms with E-state index >= 15 is 0 Å². The summed E-state index contributed by atoms with van der Waals surface area (Å²) in [5, 5.41) is 46.1. The van der Waals surface area contributed by atoms with Crippen LogP contribution in [-0.2, 0) is 30.4 Å². The molecule has 3 radical (unpaired) electrons. The van der Waals surface area contributed by atoms with Gasteiger partial charge in [-0.25, -0.2) is 0 Å². The zero-order valence-electron chi connectivity index (χ0n) is 31.1. The number of nitrogens with zero attached hydrogens (tertiary/aromatic N) is 6. The summed E-state index contributed by atoms with van der Waals surface area (Å²) < 4.78 is 104. The molecule has 0 bridgehead atoms. The summed E-state index contributed by atoms with van der Waals surface area (Å²) in [5.74, 6) is -0.899. The molecule has 19 nitrogen and oxygen atoms in total. The van der Waals surface area contributed by atoms with Crippen LogP contribution < -0.4 is 11.1 Å². The van der Waals surface area contributed by atoms with Crippen molar-refractivity contribution in [3.63, 3.8) is 0 Å². The molecule has 0 aliphatic heterocycles. The quantitative estimate of drug-likeness (QED) is 0.0289. The van der Waals surface area contributed by atoms with Crippen molar-refractivity contribution in [3.05, 3.63) is 109 Å². The van der Waals surface area contributed by atoms with E-state index in [1.807, 2.05) is 0 Å². The van der Waals surface area contributed by atoms with E-state index in [1.54, 1.807) is 54.6 Å². The maximum atomic E-state index is 12.5. The molecule has 0 aliphatic carbocycles. The average molecular weight is 888 g/mol. The molecule has 0 saturated heterocycles. The Labute approximate surface area is 402 Å². The van der Waals surface area contributed by atoms with Gasteiger partial charge < -0.3 is 21.3 Å². The van der Waals surface area contributed by atoms with Crippen molar-refractivity contribution in [1.29, 1.82) is 0 Å². The number of nitrogens with two attached hydrogens (primary N) is 1. The fourth-order valence-corrected chi connectivity index (χ4v) is 7.10. The van der Waals surface area contributed by atoms with Gasteiger partial charge in [0.2, 0.25) is 0 Å². The number of phenolic OH excluding ortho intramolecular Hbond substituents is 2. The third kappa shape index (κ3) is 12.2. The van der Waals surface area contributed by atoms with E-state index in [0.717, 1.165) is 12.1 Å². The summed E-state index contributed by atoms with van der Waals surface area (Å²) in [4.78, 5) is -2.66. The molecule has 25 heteroatoms. The zero-order chi connectivity index (χ0) is 40.4. The maximum absolute atomic E-state index is 12.5. The number of nitrogen functional groups attached to an aromatic ring is 1. The number of nitrogens with one attached hydrogen (secondary N) is 1. The van der Waals surface area contributed by atoms with Crippen LogP contribution in [0.3, 0.4) is 0 Å². The Hall–Kier alpha value is -3.69. The molecule has 0 unspecified atom stereocenters. The van der Waals surface area contributed by atoms with Gasteiger partial charge in [-0.3, -0.25) is 13.7 Å². The number of aromatic hydroxyl groups is 2. The van der Waals surface area contributed by atoms with Crippen molar-refractivity contribution in [3.8, 4) is 11.5 Å². The summed E-state index contributed by atoms with van der Waals surface area (Å²) in [7, 11) is -15.3. The van der Waals surface area contributed by atoms with Gasteiger partial charge in [-0.2, -0.15) is 45.7 Å². The van der Waals surface area contributed by atoms with Gasteiger partial charge >= 0.3 is 0 Å². The van der Waals surface area contributed by atoms with Crippen molar-refractivity contribution in [1.82, 2.24) is 0 Å². The SMILES string of the molecule is Nc1c(N=Nc2ccc(Nc3ccc(N=Nc4ccc(O)cc4)cc3)c(S(=O)(=O)O)c2)c(S(=O)(=O)O)cc2cc(S(=O)(=O)O)c(N=Nc3ccccc3)c(O)c12.[Na].[Na].[Na]. The minimum absolute atomic E-state index is 0. The van der Waals surface area contributed by atoms with Crippen LogP contribution in [0.25, 0.3) is 10.8 Å². The number of phenols is 2. The average Bonchev–Trinajstić information content (AvgIpc) is 3.13. The summed E-state index contributed by atoms with van der Waals surface area (Å²) >= 11 is 0. The first kappa shape index (κ1) is 49.7. The van der Waals surface area contributed by atoms with E-state index in [1.165, 1.54) is 36.4 Å². The second-order valence-corrected chi connectivity index (χ2v) is 15.7. The first-order chi connectivity index (χ1) is 26.4. The van der Waals surface area contributed by atoms with Crippen LogP contribution in [0.2, 0.25) is 0 Å². The van der Waals surface area contributed by atoms with Crippen LogP contribution in [0.1, 0.15) is 0 Å². The first-order valence-electron chi connectivity index (χ1n) is 15.5. The van der Waals surface area contributed by atoms with E-state index in [9.17, 15) is 49.1 Å². The molecule has 0 amide bonds. The topological polar surface area (TPSA) is 316 Å². The Balaban J connectivity index is 0.00000310. The van der Waals surface area contributed by atoms with E-state index in [2.05, 4.69) is 36.0 Å².